The van der Waals surface area contributed by atoms with Gasteiger partial charge in [-0.25, -0.2) is 0 Å². The van der Waals surface area contributed by atoms with Gasteiger partial charge in [-0.05, 0) is 33.2 Å². The van der Waals surface area contributed by atoms with Crippen molar-refractivity contribution in [2.24, 2.45) is 0 Å². The van der Waals surface area contributed by atoms with Crippen LogP contribution >= 0.6 is 0 Å². The van der Waals surface area contributed by atoms with E-state index in [1.807, 2.05) is 10.9 Å². The zero-order valence-electron chi connectivity index (χ0n) is 13.2. The Kier molecular flexibility index (Phi) is 5.61. The lowest BCUT2D eigenvalue weighted by molar-refractivity contribution is -0.0910. The Morgan fingerprint density at radius 3 is 2.60 bits per heavy atom. The van der Waals surface area contributed by atoms with E-state index in [2.05, 4.69) is 37.4 Å². The number of nitrogens with zero attached hydrogens (tertiary/aromatic N) is 2. The van der Waals surface area contributed by atoms with Gasteiger partial charge in [0.05, 0.1) is 17.8 Å². The molecule has 1 N–H and O–H groups in total. The summed E-state index contributed by atoms with van der Waals surface area (Å²) in [5.41, 5.74) is 1.22. The summed E-state index contributed by atoms with van der Waals surface area (Å²) in [5.74, 6) is 0. The number of hydrogen-bond donors (Lipinski definition) is 1. The van der Waals surface area contributed by atoms with Crippen molar-refractivity contribution in [1.29, 1.82) is 0 Å². The molecule has 2 rings (SSSR count). The molecule has 0 bridgehead atoms. The number of aryl methyl sites for hydroxylation is 1. The number of rotatable bonds is 7. The Bertz CT molecular complexity index is 391. The standard InChI is InChI=1S/C16H29N3O/c1-4-17-15(14-12-18-19(5-2)13-14)16(20-6-3)10-8-7-9-11-16/h12-13,15,17H,4-11H2,1-3H3. The van der Waals surface area contributed by atoms with Crippen molar-refractivity contribution < 1.29 is 4.74 Å². The maximum atomic E-state index is 6.28. The predicted molar refractivity (Wildman–Crippen MR) is 81.8 cm³/mol. The Balaban J connectivity index is 2.27. The van der Waals surface area contributed by atoms with Crippen LogP contribution < -0.4 is 5.32 Å². The van der Waals surface area contributed by atoms with E-state index in [-0.39, 0.29) is 11.6 Å². The number of aromatic nitrogens is 2. The molecule has 1 saturated carbocycles. The fourth-order valence-corrected chi connectivity index (χ4v) is 3.47. The Morgan fingerprint density at radius 1 is 1.30 bits per heavy atom. The van der Waals surface area contributed by atoms with Gasteiger partial charge in [-0.2, -0.15) is 5.10 Å². The first-order valence-electron chi connectivity index (χ1n) is 8.15. The van der Waals surface area contributed by atoms with E-state index in [1.165, 1.54) is 24.8 Å². The Morgan fingerprint density at radius 2 is 2.05 bits per heavy atom. The van der Waals surface area contributed by atoms with Crippen LogP contribution in [0.2, 0.25) is 0 Å². The van der Waals surface area contributed by atoms with Crippen LogP contribution in [-0.4, -0.2) is 28.5 Å². The van der Waals surface area contributed by atoms with Crippen LogP contribution in [0.25, 0.3) is 0 Å². The zero-order valence-corrected chi connectivity index (χ0v) is 13.2. The third-order valence-electron chi connectivity index (χ3n) is 4.38. The van der Waals surface area contributed by atoms with Crippen molar-refractivity contribution in [3.63, 3.8) is 0 Å². The highest BCUT2D eigenvalue weighted by Gasteiger charge is 2.41. The molecule has 0 amide bonds. The molecule has 1 aliphatic rings. The zero-order chi connectivity index (χ0) is 14.4. The van der Waals surface area contributed by atoms with Crippen molar-refractivity contribution in [2.45, 2.75) is 71.1 Å². The van der Waals surface area contributed by atoms with Crippen LogP contribution in [0.3, 0.4) is 0 Å². The van der Waals surface area contributed by atoms with Gasteiger partial charge in [0.1, 0.15) is 0 Å². The maximum Gasteiger partial charge on any atom is 0.0877 e. The van der Waals surface area contributed by atoms with Crippen molar-refractivity contribution in [1.82, 2.24) is 15.1 Å². The summed E-state index contributed by atoms with van der Waals surface area (Å²) in [6, 6.07) is 0.257. The minimum absolute atomic E-state index is 0.0510. The monoisotopic (exact) mass is 279 g/mol. The first kappa shape index (κ1) is 15.5. The van der Waals surface area contributed by atoms with E-state index in [9.17, 15) is 0 Å². The molecule has 0 saturated heterocycles. The van der Waals surface area contributed by atoms with E-state index < -0.39 is 0 Å². The molecule has 1 heterocycles. The molecule has 4 heteroatoms. The molecule has 0 aliphatic heterocycles. The van der Waals surface area contributed by atoms with Gasteiger partial charge in [0.15, 0.2) is 0 Å². The fraction of sp³-hybridized carbons (Fsp3) is 0.812. The Hall–Kier alpha value is -0.870. The predicted octanol–water partition coefficient (Wildman–Crippen LogP) is 3.29. The molecule has 1 fully saturated rings. The van der Waals surface area contributed by atoms with Crippen LogP contribution in [-0.2, 0) is 11.3 Å². The second-order valence-corrected chi connectivity index (χ2v) is 5.68. The minimum atomic E-state index is -0.0510. The highest BCUT2D eigenvalue weighted by molar-refractivity contribution is 5.17. The summed E-state index contributed by atoms with van der Waals surface area (Å²) >= 11 is 0. The van der Waals surface area contributed by atoms with Gasteiger partial charge in [0.25, 0.3) is 0 Å². The molecule has 20 heavy (non-hydrogen) atoms. The largest absolute Gasteiger partial charge is 0.373 e. The van der Waals surface area contributed by atoms with Crippen LogP contribution in [0.1, 0.15) is 64.5 Å². The van der Waals surface area contributed by atoms with E-state index >= 15 is 0 Å². The lowest BCUT2D eigenvalue weighted by Crippen LogP contribution is -2.47. The molecule has 114 valence electrons. The van der Waals surface area contributed by atoms with Gasteiger partial charge in [0.2, 0.25) is 0 Å². The molecule has 1 atom stereocenters. The van der Waals surface area contributed by atoms with Crippen LogP contribution in [0.5, 0.6) is 0 Å². The summed E-state index contributed by atoms with van der Waals surface area (Å²) in [7, 11) is 0. The molecule has 4 nitrogen and oxygen atoms in total. The lowest BCUT2D eigenvalue weighted by Gasteiger charge is -2.43. The van der Waals surface area contributed by atoms with Gasteiger partial charge in [-0.3, -0.25) is 4.68 Å². The van der Waals surface area contributed by atoms with E-state index in [4.69, 9.17) is 4.74 Å². The van der Waals surface area contributed by atoms with E-state index in [0.717, 1.165) is 32.5 Å². The summed E-state index contributed by atoms with van der Waals surface area (Å²) in [4.78, 5) is 0. The third kappa shape index (κ3) is 3.23. The number of nitrogens with one attached hydrogen (secondary N) is 1. The number of likely N-dealkylation sites (N-methyl/N-ethyl adjacent to an activating group) is 1. The highest BCUT2D eigenvalue weighted by atomic mass is 16.5. The quantitative estimate of drug-likeness (QED) is 0.832. The van der Waals surface area contributed by atoms with Crippen LogP contribution in [0.15, 0.2) is 12.4 Å². The fourth-order valence-electron chi connectivity index (χ4n) is 3.47. The normalized spacial score (nSPS) is 19.9. The van der Waals surface area contributed by atoms with Crippen molar-refractivity contribution in [2.75, 3.05) is 13.2 Å². The van der Waals surface area contributed by atoms with Crippen molar-refractivity contribution in [3.8, 4) is 0 Å². The summed E-state index contributed by atoms with van der Waals surface area (Å²) in [5, 5.41) is 8.10. The summed E-state index contributed by atoms with van der Waals surface area (Å²) in [6.07, 6.45) is 10.3. The molecule has 1 aliphatic carbocycles. The van der Waals surface area contributed by atoms with E-state index in [0.29, 0.717) is 0 Å². The maximum absolute atomic E-state index is 6.28. The van der Waals surface area contributed by atoms with Gasteiger partial charge in [-0.15, -0.1) is 0 Å². The molecule has 1 aromatic rings. The second kappa shape index (κ2) is 7.23. The molecular weight excluding hydrogens is 250 g/mol. The lowest BCUT2D eigenvalue weighted by atomic mass is 9.77. The molecule has 0 radical (unpaired) electrons. The van der Waals surface area contributed by atoms with Crippen LogP contribution in [0.4, 0.5) is 0 Å². The van der Waals surface area contributed by atoms with Gasteiger partial charge < -0.3 is 10.1 Å². The number of hydrogen-bond acceptors (Lipinski definition) is 3. The third-order valence-corrected chi connectivity index (χ3v) is 4.38. The van der Waals surface area contributed by atoms with Gasteiger partial charge in [0, 0.05) is 24.9 Å². The minimum Gasteiger partial charge on any atom is -0.373 e. The van der Waals surface area contributed by atoms with Gasteiger partial charge in [-0.1, -0.05) is 26.2 Å². The SMILES string of the molecule is CCNC(c1cnn(CC)c1)C1(OCC)CCCCC1. The number of ether oxygens (including phenoxy) is 1. The first-order chi connectivity index (χ1) is 9.75. The average molecular weight is 279 g/mol. The highest BCUT2D eigenvalue weighted by Crippen LogP contribution is 2.41. The molecule has 0 spiro atoms. The average Bonchev–Trinajstić information content (AvgIpc) is 2.94. The van der Waals surface area contributed by atoms with Crippen molar-refractivity contribution >= 4 is 0 Å². The van der Waals surface area contributed by atoms with Crippen LogP contribution in [0, 0.1) is 0 Å². The molecule has 1 aromatic heterocycles. The summed E-state index contributed by atoms with van der Waals surface area (Å²) < 4.78 is 8.29. The van der Waals surface area contributed by atoms with Crippen molar-refractivity contribution in [3.05, 3.63) is 18.0 Å². The second-order valence-electron chi connectivity index (χ2n) is 5.68. The van der Waals surface area contributed by atoms with E-state index in [1.54, 1.807) is 0 Å². The molecular formula is C16H29N3O. The molecule has 0 aromatic carbocycles. The Labute approximate surface area is 122 Å². The molecule has 1 unspecified atom stereocenters. The summed E-state index contributed by atoms with van der Waals surface area (Å²) in [6.45, 7) is 9.05. The smallest absolute Gasteiger partial charge is 0.0877 e. The topological polar surface area (TPSA) is 39.1 Å². The first-order valence-corrected chi connectivity index (χ1v) is 8.15. The van der Waals surface area contributed by atoms with Gasteiger partial charge >= 0.3 is 0 Å².